The third-order valence-electron chi connectivity index (χ3n) is 3.82. The van der Waals surface area contributed by atoms with Crippen LogP contribution >= 0.6 is 0 Å². The predicted molar refractivity (Wildman–Crippen MR) is 89.1 cm³/mol. The fourth-order valence-electron chi connectivity index (χ4n) is 2.49. The van der Waals surface area contributed by atoms with Crippen LogP contribution in [0.4, 0.5) is 9.59 Å². The van der Waals surface area contributed by atoms with E-state index < -0.39 is 20.5 Å². The van der Waals surface area contributed by atoms with Crippen LogP contribution in [-0.2, 0) is 0 Å². The van der Waals surface area contributed by atoms with Gasteiger partial charge in [-0.25, -0.2) is 9.59 Å². The lowest BCUT2D eigenvalue weighted by molar-refractivity contribution is 0.216. The van der Waals surface area contributed by atoms with Crippen LogP contribution in [0.1, 0.15) is 52.4 Å². The largest absolute Gasteiger partial charge is 0.352 e. The monoisotopic (exact) mass is 316 g/mol. The van der Waals surface area contributed by atoms with Crippen LogP contribution in [0.5, 0.6) is 0 Å². The third-order valence-corrected chi connectivity index (χ3v) is 7.35. The summed E-state index contributed by atoms with van der Waals surface area (Å²) in [7, 11) is -2.47. The van der Waals surface area contributed by atoms with Gasteiger partial charge in [0.15, 0.2) is 0 Å². The summed E-state index contributed by atoms with van der Waals surface area (Å²) in [4.78, 5) is 23.6. The molecule has 0 bridgehead atoms. The molecule has 124 valence electrons. The van der Waals surface area contributed by atoms with Crippen LogP contribution in [0.25, 0.3) is 0 Å². The van der Waals surface area contributed by atoms with Gasteiger partial charge in [-0.15, -0.1) is 0 Å². The molecule has 4 amide bonds. The van der Waals surface area contributed by atoms with Gasteiger partial charge in [0.05, 0.1) is 0 Å². The zero-order chi connectivity index (χ0) is 16.5. The zero-order valence-corrected chi connectivity index (χ0v) is 15.0. The Kier molecular flexibility index (Phi) is 9.08. The standard InChI is InChI=1S/C14H32N4O2Si/c1-5-7-9-11-17(13(15)19)21(3,4)18(14(16)20)12-10-8-6-2/h5-12H2,1-4H3,(H2,15,19)(H2,16,20). The molecule has 0 aromatic heterocycles. The van der Waals surface area contributed by atoms with Gasteiger partial charge in [0, 0.05) is 13.1 Å². The number of nitrogens with zero attached hydrogens (tertiary/aromatic N) is 2. The molecule has 0 aliphatic carbocycles. The minimum Gasteiger partial charge on any atom is -0.352 e. The molecule has 0 saturated heterocycles. The summed E-state index contributed by atoms with van der Waals surface area (Å²) in [6.07, 6.45) is 6.03. The van der Waals surface area contributed by atoms with Gasteiger partial charge in [-0.1, -0.05) is 39.5 Å². The molecule has 0 aromatic carbocycles. The van der Waals surface area contributed by atoms with Crippen molar-refractivity contribution < 1.29 is 9.59 Å². The number of rotatable bonds is 10. The molecule has 0 fully saturated rings. The summed E-state index contributed by atoms with van der Waals surface area (Å²) in [6.45, 7) is 9.33. The minimum atomic E-state index is -2.47. The summed E-state index contributed by atoms with van der Waals surface area (Å²) in [5.74, 6) is 0. The molecule has 0 heterocycles. The molecular formula is C14H32N4O2Si. The van der Waals surface area contributed by atoms with E-state index in [0.717, 1.165) is 38.5 Å². The number of carbonyl (C=O) groups excluding carboxylic acids is 2. The first-order valence-electron chi connectivity index (χ1n) is 7.93. The first-order valence-corrected chi connectivity index (χ1v) is 10.8. The van der Waals surface area contributed by atoms with Gasteiger partial charge in [-0.2, -0.15) is 0 Å². The van der Waals surface area contributed by atoms with Crippen molar-refractivity contribution in [3.8, 4) is 0 Å². The van der Waals surface area contributed by atoms with Crippen molar-refractivity contribution in [1.29, 1.82) is 0 Å². The molecule has 7 heteroatoms. The van der Waals surface area contributed by atoms with E-state index >= 15 is 0 Å². The van der Waals surface area contributed by atoms with Crippen LogP contribution in [0.15, 0.2) is 0 Å². The van der Waals surface area contributed by atoms with Gasteiger partial charge >= 0.3 is 12.1 Å². The summed E-state index contributed by atoms with van der Waals surface area (Å²) in [5.41, 5.74) is 11.1. The van der Waals surface area contributed by atoms with Crippen LogP contribution in [0.2, 0.25) is 13.1 Å². The zero-order valence-electron chi connectivity index (χ0n) is 14.0. The van der Waals surface area contributed by atoms with E-state index in [-0.39, 0.29) is 0 Å². The molecule has 0 aromatic rings. The summed E-state index contributed by atoms with van der Waals surface area (Å²) < 4.78 is 3.36. The van der Waals surface area contributed by atoms with Crippen LogP contribution in [0, 0.1) is 0 Å². The second-order valence-corrected chi connectivity index (χ2v) is 9.96. The topological polar surface area (TPSA) is 92.7 Å². The molecular weight excluding hydrogens is 284 g/mol. The molecule has 21 heavy (non-hydrogen) atoms. The second kappa shape index (κ2) is 9.65. The number of unbranched alkanes of at least 4 members (excludes halogenated alkanes) is 4. The highest BCUT2D eigenvalue weighted by Gasteiger charge is 2.40. The van der Waals surface area contributed by atoms with E-state index in [1.165, 1.54) is 0 Å². The lowest BCUT2D eigenvalue weighted by atomic mass is 10.2. The smallest absolute Gasteiger partial charge is 0.308 e. The highest BCUT2D eigenvalue weighted by atomic mass is 28.3. The Morgan fingerprint density at radius 3 is 1.38 bits per heavy atom. The molecule has 4 N–H and O–H groups in total. The van der Waals surface area contributed by atoms with Crippen LogP contribution < -0.4 is 11.5 Å². The van der Waals surface area contributed by atoms with Crippen molar-refractivity contribution >= 4 is 20.5 Å². The quantitative estimate of drug-likeness (QED) is 0.479. The van der Waals surface area contributed by atoms with Crippen LogP contribution in [0.3, 0.4) is 0 Å². The van der Waals surface area contributed by atoms with E-state index in [4.69, 9.17) is 11.5 Å². The SMILES string of the molecule is CCCCCN(C(N)=O)[Si](C)(C)N(CCCCC)C(N)=O. The number of carbonyl (C=O) groups is 2. The van der Waals surface area contributed by atoms with Gasteiger partial charge in [0.2, 0.25) is 0 Å². The Morgan fingerprint density at radius 2 is 1.14 bits per heavy atom. The van der Waals surface area contributed by atoms with Crippen molar-refractivity contribution in [2.24, 2.45) is 11.5 Å². The molecule has 0 radical (unpaired) electrons. The maximum atomic E-state index is 11.8. The Balaban J connectivity index is 4.99. The Hall–Kier alpha value is -1.24. The third kappa shape index (κ3) is 6.37. The Morgan fingerprint density at radius 1 is 0.810 bits per heavy atom. The molecule has 0 saturated carbocycles. The van der Waals surface area contributed by atoms with Gasteiger partial charge in [-0.05, 0) is 25.9 Å². The highest BCUT2D eigenvalue weighted by Crippen LogP contribution is 2.18. The van der Waals surface area contributed by atoms with E-state index in [2.05, 4.69) is 13.8 Å². The number of amides is 4. The Bertz CT molecular complexity index is 307. The highest BCUT2D eigenvalue weighted by molar-refractivity contribution is 6.76. The predicted octanol–water partition coefficient (Wildman–Crippen LogP) is 2.83. The number of urea groups is 2. The van der Waals surface area contributed by atoms with Crippen molar-refractivity contribution in [3.63, 3.8) is 0 Å². The van der Waals surface area contributed by atoms with Crippen molar-refractivity contribution in [3.05, 3.63) is 0 Å². The lowest BCUT2D eigenvalue weighted by Crippen LogP contribution is -2.67. The van der Waals surface area contributed by atoms with Gasteiger partial charge in [-0.3, -0.25) is 0 Å². The first-order chi connectivity index (χ1) is 9.78. The van der Waals surface area contributed by atoms with Gasteiger partial charge in [0.25, 0.3) is 8.40 Å². The molecule has 0 spiro atoms. The second-order valence-electron chi connectivity index (χ2n) is 5.89. The number of hydrogen-bond acceptors (Lipinski definition) is 2. The molecule has 0 aliphatic heterocycles. The average Bonchev–Trinajstić information content (AvgIpc) is 2.38. The van der Waals surface area contributed by atoms with E-state index in [1.807, 2.05) is 13.1 Å². The maximum absolute atomic E-state index is 11.8. The fraction of sp³-hybridized carbons (Fsp3) is 0.857. The van der Waals surface area contributed by atoms with E-state index in [0.29, 0.717) is 13.1 Å². The Labute approximate surface area is 130 Å². The van der Waals surface area contributed by atoms with Crippen LogP contribution in [-0.4, -0.2) is 42.7 Å². The van der Waals surface area contributed by atoms with Gasteiger partial charge in [0.1, 0.15) is 0 Å². The van der Waals surface area contributed by atoms with Crippen molar-refractivity contribution in [2.75, 3.05) is 13.1 Å². The summed E-state index contributed by atoms with van der Waals surface area (Å²) in [5, 5.41) is 0. The molecule has 0 rings (SSSR count). The van der Waals surface area contributed by atoms with E-state index in [1.54, 1.807) is 9.13 Å². The number of nitrogens with two attached hydrogens (primary N) is 2. The van der Waals surface area contributed by atoms with E-state index in [9.17, 15) is 9.59 Å². The molecule has 0 atom stereocenters. The number of primary amides is 2. The summed E-state index contributed by atoms with van der Waals surface area (Å²) in [6, 6.07) is -0.908. The minimum absolute atomic E-state index is 0.454. The molecule has 6 nitrogen and oxygen atoms in total. The summed E-state index contributed by atoms with van der Waals surface area (Å²) >= 11 is 0. The maximum Gasteiger partial charge on any atom is 0.308 e. The fourth-order valence-corrected chi connectivity index (χ4v) is 5.27. The number of hydrogen-bond donors (Lipinski definition) is 2. The average molecular weight is 317 g/mol. The van der Waals surface area contributed by atoms with Crippen molar-refractivity contribution in [2.45, 2.75) is 65.5 Å². The first kappa shape index (κ1) is 19.8. The van der Waals surface area contributed by atoms with Crippen molar-refractivity contribution in [1.82, 2.24) is 9.13 Å². The molecule has 0 unspecified atom stereocenters. The normalized spacial score (nSPS) is 11.2. The molecule has 0 aliphatic rings. The van der Waals surface area contributed by atoms with Gasteiger partial charge < -0.3 is 20.6 Å². The lowest BCUT2D eigenvalue weighted by Gasteiger charge is -2.43.